The smallest absolute Gasteiger partial charge is 0.160 e. The van der Waals surface area contributed by atoms with Crippen molar-refractivity contribution in [3.8, 4) is 50.6 Å². The Morgan fingerprint density at radius 3 is 1.77 bits per heavy atom. The van der Waals surface area contributed by atoms with Crippen molar-refractivity contribution in [1.29, 1.82) is 0 Å². The third kappa shape index (κ3) is 4.93. The number of rotatable bonds is 5. The molecule has 5 heteroatoms. The largest absolute Gasteiger partial charge is 0.456 e. The zero-order valence-electron chi connectivity index (χ0n) is 30.6. The molecule has 0 N–H and O–H groups in total. The molecule has 0 radical (unpaired) electrons. The van der Waals surface area contributed by atoms with Crippen LogP contribution in [0.25, 0.3) is 115 Å². The molecule has 0 bridgehead atoms. The number of thiophene rings is 1. The molecule has 0 aliphatic heterocycles. The van der Waals surface area contributed by atoms with Crippen LogP contribution >= 0.6 is 11.3 Å². The maximum atomic E-state index is 6.54. The van der Waals surface area contributed by atoms with Crippen molar-refractivity contribution < 1.29 is 4.42 Å². The minimum Gasteiger partial charge on any atom is -0.456 e. The quantitative estimate of drug-likeness (QED) is 0.176. The summed E-state index contributed by atoms with van der Waals surface area (Å²) in [6.45, 7) is 0. The van der Waals surface area contributed by atoms with Crippen molar-refractivity contribution in [2.75, 3.05) is 0 Å². The van der Waals surface area contributed by atoms with Gasteiger partial charge in [0.1, 0.15) is 11.2 Å². The highest BCUT2D eigenvalue weighted by atomic mass is 32.1. The average Bonchev–Trinajstić information content (AvgIpc) is 3.96. The Labute approximate surface area is 331 Å². The van der Waals surface area contributed by atoms with E-state index >= 15 is 0 Å². The van der Waals surface area contributed by atoms with E-state index in [0.29, 0.717) is 5.82 Å². The molecule has 4 aromatic heterocycles. The molecule has 12 rings (SSSR count). The van der Waals surface area contributed by atoms with Crippen LogP contribution < -0.4 is 0 Å². The van der Waals surface area contributed by atoms with Gasteiger partial charge in [-0.1, -0.05) is 146 Å². The molecule has 0 atom stereocenters. The standard InChI is InChI=1S/C52H31N3OS/c1-4-16-32(17-5-1)40-30-35(47-51-48(39-24-12-15-27-45(39)57-51)54-52(53-47)34-20-8-3-9-21-34)31-41(33-18-6-2-7-19-33)49(40)55-42-25-13-10-22-36(42)37-28-29-44-46(50(37)55)38-23-11-14-26-43(38)56-44/h1-31H. The third-order valence-electron chi connectivity index (χ3n) is 11.2. The van der Waals surface area contributed by atoms with Crippen LogP contribution in [0.4, 0.5) is 0 Å². The lowest BCUT2D eigenvalue weighted by Gasteiger charge is -2.21. The monoisotopic (exact) mass is 745 g/mol. The van der Waals surface area contributed by atoms with E-state index in [4.69, 9.17) is 14.4 Å². The summed E-state index contributed by atoms with van der Waals surface area (Å²) in [5, 5.41) is 5.72. The van der Waals surface area contributed by atoms with E-state index in [1.807, 2.05) is 12.1 Å². The fourth-order valence-electron chi connectivity index (χ4n) is 8.69. The Bertz CT molecular complexity index is 3450. The number of hydrogen-bond acceptors (Lipinski definition) is 4. The highest BCUT2D eigenvalue weighted by Crippen LogP contribution is 2.48. The molecule has 0 fully saturated rings. The molecule has 4 heterocycles. The van der Waals surface area contributed by atoms with E-state index in [9.17, 15) is 0 Å². The molecule has 0 unspecified atom stereocenters. The van der Waals surface area contributed by atoms with Gasteiger partial charge in [0.15, 0.2) is 5.82 Å². The number of hydrogen-bond donors (Lipinski definition) is 0. The topological polar surface area (TPSA) is 43.9 Å². The molecule has 4 nitrogen and oxygen atoms in total. The summed E-state index contributed by atoms with van der Waals surface area (Å²) in [6.07, 6.45) is 0. The Balaban J connectivity index is 1.27. The van der Waals surface area contributed by atoms with E-state index in [2.05, 4.69) is 180 Å². The van der Waals surface area contributed by atoms with Crippen LogP contribution in [-0.2, 0) is 0 Å². The summed E-state index contributed by atoms with van der Waals surface area (Å²) < 4.78 is 11.3. The second-order valence-corrected chi connectivity index (χ2v) is 15.5. The number of aromatic nitrogens is 3. The summed E-state index contributed by atoms with van der Waals surface area (Å²) in [6, 6.07) is 66.7. The molecular formula is C52H31N3OS. The number of nitrogens with zero attached hydrogens (tertiary/aromatic N) is 3. The first-order valence-corrected chi connectivity index (χ1v) is 20.0. The van der Waals surface area contributed by atoms with Gasteiger partial charge in [-0.3, -0.25) is 0 Å². The molecule has 0 spiro atoms. The van der Waals surface area contributed by atoms with Crippen LogP contribution in [0.3, 0.4) is 0 Å². The fraction of sp³-hybridized carbons (Fsp3) is 0. The van der Waals surface area contributed by atoms with Gasteiger partial charge in [-0.2, -0.15) is 0 Å². The maximum Gasteiger partial charge on any atom is 0.160 e. The lowest BCUT2D eigenvalue weighted by Crippen LogP contribution is -2.03. The van der Waals surface area contributed by atoms with Crippen LogP contribution in [0.1, 0.15) is 0 Å². The Morgan fingerprint density at radius 1 is 0.456 bits per heavy atom. The molecule has 0 amide bonds. The van der Waals surface area contributed by atoms with Crippen LogP contribution in [0.5, 0.6) is 0 Å². The van der Waals surface area contributed by atoms with Crippen molar-refractivity contribution in [3.63, 3.8) is 0 Å². The van der Waals surface area contributed by atoms with E-state index in [0.717, 1.165) is 93.3 Å². The number of fused-ring (bicyclic) bond motifs is 10. The predicted molar refractivity (Wildman–Crippen MR) is 238 cm³/mol. The minimum atomic E-state index is 0.713. The van der Waals surface area contributed by atoms with E-state index < -0.39 is 0 Å². The van der Waals surface area contributed by atoms with Crippen molar-refractivity contribution in [1.82, 2.24) is 14.5 Å². The SMILES string of the molecule is c1ccc(-c2nc(-c3cc(-c4ccccc4)c(-n4c5ccccc5c5ccc6oc7ccccc7c6c54)c(-c4ccccc4)c3)c3sc4ccccc4c3n2)cc1. The van der Waals surface area contributed by atoms with Gasteiger partial charge >= 0.3 is 0 Å². The first-order chi connectivity index (χ1) is 28.3. The van der Waals surface area contributed by atoms with Crippen molar-refractivity contribution in [2.45, 2.75) is 0 Å². The van der Waals surface area contributed by atoms with Gasteiger partial charge in [0.25, 0.3) is 0 Å². The predicted octanol–water partition coefficient (Wildman–Crippen LogP) is 14.5. The second-order valence-electron chi connectivity index (χ2n) is 14.5. The van der Waals surface area contributed by atoms with E-state index in [-0.39, 0.29) is 0 Å². The Hall–Kier alpha value is -7.34. The molecule has 266 valence electrons. The highest BCUT2D eigenvalue weighted by Gasteiger charge is 2.26. The van der Waals surface area contributed by atoms with E-state index in [1.54, 1.807) is 11.3 Å². The summed E-state index contributed by atoms with van der Waals surface area (Å²) >= 11 is 1.76. The van der Waals surface area contributed by atoms with Crippen LogP contribution in [-0.4, -0.2) is 14.5 Å². The van der Waals surface area contributed by atoms with Crippen LogP contribution in [0, 0.1) is 0 Å². The highest BCUT2D eigenvalue weighted by molar-refractivity contribution is 7.26. The Morgan fingerprint density at radius 2 is 1.05 bits per heavy atom. The first kappa shape index (κ1) is 32.0. The van der Waals surface area contributed by atoms with Gasteiger partial charge in [-0.15, -0.1) is 11.3 Å². The normalized spacial score (nSPS) is 11.9. The van der Waals surface area contributed by atoms with Crippen molar-refractivity contribution in [2.24, 2.45) is 0 Å². The zero-order chi connectivity index (χ0) is 37.5. The van der Waals surface area contributed by atoms with Gasteiger partial charge in [-0.05, 0) is 53.6 Å². The van der Waals surface area contributed by atoms with Gasteiger partial charge in [-0.25, -0.2) is 9.97 Å². The maximum absolute atomic E-state index is 6.54. The van der Waals surface area contributed by atoms with Crippen molar-refractivity contribution in [3.05, 3.63) is 188 Å². The first-order valence-electron chi connectivity index (χ1n) is 19.2. The van der Waals surface area contributed by atoms with Crippen molar-refractivity contribution >= 4 is 75.4 Å². The molecule has 0 saturated carbocycles. The summed E-state index contributed by atoms with van der Waals surface area (Å²) in [5.74, 6) is 0.713. The fourth-order valence-corrected chi connectivity index (χ4v) is 9.84. The average molecular weight is 746 g/mol. The summed E-state index contributed by atoms with van der Waals surface area (Å²) in [5.41, 5.74) is 13.5. The van der Waals surface area contributed by atoms with Crippen LogP contribution in [0.2, 0.25) is 0 Å². The number of furan rings is 1. The zero-order valence-corrected chi connectivity index (χ0v) is 31.4. The second kappa shape index (κ2) is 12.6. The molecule has 12 aromatic rings. The molecular weight excluding hydrogens is 715 g/mol. The van der Waals surface area contributed by atoms with Crippen LogP contribution in [0.15, 0.2) is 192 Å². The van der Waals surface area contributed by atoms with Gasteiger partial charge in [0.2, 0.25) is 0 Å². The van der Waals surface area contributed by atoms with Gasteiger partial charge in [0.05, 0.1) is 38.0 Å². The van der Waals surface area contributed by atoms with Gasteiger partial charge < -0.3 is 8.98 Å². The molecule has 0 aliphatic carbocycles. The van der Waals surface area contributed by atoms with Gasteiger partial charge in [0, 0.05) is 48.5 Å². The minimum absolute atomic E-state index is 0.713. The Kier molecular flexibility index (Phi) is 7.06. The van der Waals surface area contributed by atoms with E-state index in [1.165, 1.54) is 15.5 Å². The molecule has 8 aromatic carbocycles. The number of benzene rings is 8. The summed E-state index contributed by atoms with van der Waals surface area (Å²) in [7, 11) is 0. The molecule has 57 heavy (non-hydrogen) atoms. The third-order valence-corrected chi connectivity index (χ3v) is 12.4. The number of para-hydroxylation sites is 2. The molecule has 0 aliphatic rings. The summed E-state index contributed by atoms with van der Waals surface area (Å²) in [4.78, 5) is 10.7. The molecule has 0 saturated heterocycles. The lowest BCUT2D eigenvalue weighted by molar-refractivity contribution is 0.669. The lowest BCUT2D eigenvalue weighted by atomic mass is 9.91.